The molecule has 0 aliphatic heterocycles. The summed E-state index contributed by atoms with van der Waals surface area (Å²) < 4.78 is 18.9. The Morgan fingerprint density at radius 2 is 1.97 bits per heavy atom. The van der Waals surface area contributed by atoms with Gasteiger partial charge in [-0.1, -0.05) is 29.4 Å². The molecular formula is C23H23BrClN5O4S. The highest BCUT2D eigenvalue weighted by Crippen LogP contribution is 2.32. The molecule has 2 aromatic carbocycles. The molecule has 0 bridgehead atoms. The number of hydrazone groups is 1. The Kier molecular flexibility index (Phi) is 10.0. The minimum Gasteiger partial charge on any atom is -0.496 e. The van der Waals surface area contributed by atoms with E-state index in [1.807, 2.05) is 4.57 Å². The molecule has 1 N–H and O–H groups in total. The third kappa shape index (κ3) is 7.48. The molecule has 35 heavy (non-hydrogen) atoms. The van der Waals surface area contributed by atoms with E-state index in [0.29, 0.717) is 45.4 Å². The number of nitrogens with one attached hydrogen (secondary N) is 1. The summed E-state index contributed by atoms with van der Waals surface area (Å²) in [6, 6.07) is 10.6. The van der Waals surface area contributed by atoms with Gasteiger partial charge in [0.2, 0.25) is 0 Å². The van der Waals surface area contributed by atoms with E-state index in [0.717, 1.165) is 4.47 Å². The molecule has 9 nitrogen and oxygen atoms in total. The molecule has 184 valence electrons. The molecule has 0 atom stereocenters. The van der Waals surface area contributed by atoms with E-state index in [1.165, 1.54) is 18.0 Å². The predicted octanol–water partition coefficient (Wildman–Crippen LogP) is 4.72. The number of nitrogens with zero attached hydrogens (tertiary/aromatic N) is 4. The summed E-state index contributed by atoms with van der Waals surface area (Å²) in [6.45, 7) is 4.46. The zero-order chi connectivity index (χ0) is 25.2. The number of methoxy groups -OCH3 is 2. The fourth-order valence-corrected chi connectivity index (χ4v) is 4.25. The van der Waals surface area contributed by atoms with E-state index < -0.39 is 0 Å². The van der Waals surface area contributed by atoms with Gasteiger partial charge in [-0.2, -0.15) is 5.10 Å². The number of thioether (sulfide) groups is 1. The largest absolute Gasteiger partial charge is 0.496 e. The maximum absolute atomic E-state index is 12.3. The molecule has 3 aromatic rings. The number of hydrogen-bond donors (Lipinski definition) is 1. The first kappa shape index (κ1) is 26.6. The molecular weight excluding hydrogens is 558 g/mol. The van der Waals surface area contributed by atoms with Gasteiger partial charge in [-0.3, -0.25) is 9.36 Å². The van der Waals surface area contributed by atoms with Gasteiger partial charge in [-0.05, 0) is 46.3 Å². The lowest BCUT2D eigenvalue weighted by Gasteiger charge is -2.09. The number of benzene rings is 2. The summed E-state index contributed by atoms with van der Waals surface area (Å²) in [7, 11) is 3.11. The number of aromatic nitrogens is 3. The lowest BCUT2D eigenvalue weighted by molar-refractivity contribution is -0.118. The van der Waals surface area contributed by atoms with Crippen LogP contribution in [0.1, 0.15) is 11.4 Å². The first-order valence-electron chi connectivity index (χ1n) is 10.2. The normalized spacial score (nSPS) is 10.9. The van der Waals surface area contributed by atoms with Gasteiger partial charge in [-0.15, -0.1) is 16.8 Å². The maximum Gasteiger partial charge on any atom is 0.250 e. The standard InChI is InChI=1S/C23H23BrClN5O4S/c1-4-9-30-21(13-34-17-7-5-16(25)6-8-17)27-29-23(30)35-14-22(31)28-26-12-15-10-18(24)20(33-3)11-19(15)32-2/h4-8,10-12H,1,9,13-14H2,2-3H3,(H,28,31)/b26-12+. The van der Waals surface area contributed by atoms with Crippen LogP contribution in [0.4, 0.5) is 0 Å². The average Bonchev–Trinajstić information content (AvgIpc) is 3.24. The van der Waals surface area contributed by atoms with Crippen LogP contribution in [0.5, 0.6) is 17.2 Å². The van der Waals surface area contributed by atoms with E-state index in [-0.39, 0.29) is 18.3 Å². The average molecular weight is 581 g/mol. The van der Waals surface area contributed by atoms with Gasteiger partial charge in [0.1, 0.15) is 23.9 Å². The van der Waals surface area contributed by atoms with Crippen molar-refractivity contribution in [2.45, 2.75) is 18.3 Å². The smallest absolute Gasteiger partial charge is 0.250 e. The highest BCUT2D eigenvalue weighted by molar-refractivity contribution is 9.10. The zero-order valence-electron chi connectivity index (χ0n) is 19.0. The Morgan fingerprint density at radius 3 is 2.66 bits per heavy atom. The minimum absolute atomic E-state index is 0.0914. The van der Waals surface area contributed by atoms with Crippen LogP contribution in [0, 0.1) is 0 Å². The molecule has 1 heterocycles. The van der Waals surface area contributed by atoms with Gasteiger partial charge in [0.25, 0.3) is 5.91 Å². The molecule has 0 aliphatic carbocycles. The van der Waals surface area contributed by atoms with Gasteiger partial charge < -0.3 is 14.2 Å². The third-order valence-electron chi connectivity index (χ3n) is 4.52. The highest BCUT2D eigenvalue weighted by atomic mass is 79.9. The predicted molar refractivity (Wildman–Crippen MR) is 140 cm³/mol. The fraction of sp³-hybridized carbons (Fsp3) is 0.217. The SMILES string of the molecule is C=CCn1c(COc2ccc(Cl)cc2)nnc1SCC(=O)N/N=C/c1cc(Br)c(OC)cc1OC. The molecule has 0 unspecified atom stereocenters. The van der Waals surface area contributed by atoms with Crippen LogP contribution in [-0.2, 0) is 17.9 Å². The van der Waals surface area contributed by atoms with Crippen LogP contribution in [0.3, 0.4) is 0 Å². The lowest BCUT2D eigenvalue weighted by Crippen LogP contribution is -2.20. The van der Waals surface area contributed by atoms with Crippen molar-refractivity contribution in [1.82, 2.24) is 20.2 Å². The summed E-state index contributed by atoms with van der Waals surface area (Å²) in [4.78, 5) is 12.3. The number of ether oxygens (including phenoxy) is 3. The Bertz CT molecular complexity index is 1200. The summed E-state index contributed by atoms with van der Waals surface area (Å²) in [5.41, 5.74) is 3.18. The molecule has 0 radical (unpaired) electrons. The van der Waals surface area contributed by atoms with Crippen molar-refractivity contribution in [3.63, 3.8) is 0 Å². The highest BCUT2D eigenvalue weighted by Gasteiger charge is 2.14. The van der Waals surface area contributed by atoms with Gasteiger partial charge in [0, 0.05) is 23.2 Å². The Hall–Kier alpha value is -3.02. The monoisotopic (exact) mass is 579 g/mol. The second kappa shape index (κ2) is 13.2. The number of carbonyl (C=O) groups excluding carboxylic acids is 1. The van der Waals surface area contributed by atoms with Crippen LogP contribution in [-0.4, -0.2) is 46.9 Å². The fourth-order valence-electron chi connectivity index (χ4n) is 2.84. The third-order valence-corrected chi connectivity index (χ3v) is 6.35. The molecule has 0 saturated carbocycles. The van der Waals surface area contributed by atoms with Gasteiger partial charge >= 0.3 is 0 Å². The molecule has 0 saturated heterocycles. The van der Waals surface area contributed by atoms with Crippen molar-refractivity contribution in [1.29, 1.82) is 0 Å². The minimum atomic E-state index is -0.301. The Balaban J connectivity index is 1.58. The number of allylic oxidation sites excluding steroid dienone is 1. The van der Waals surface area contributed by atoms with Crippen molar-refractivity contribution in [3.05, 3.63) is 69.9 Å². The maximum atomic E-state index is 12.3. The number of hydrogen-bond acceptors (Lipinski definition) is 8. The number of amides is 1. The van der Waals surface area contributed by atoms with Crippen LogP contribution in [0.2, 0.25) is 5.02 Å². The van der Waals surface area contributed by atoms with Crippen molar-refractivity contribution < 1.29 is 19.0 Å². The number of halogens is 2. The van der Waals surface area contributed by atoms with Crippen LogP contribution in [0.25, 0.3) is 0 Å². The summed E-state index contributed by atoms with van der Waals surface area (Å²) in [5, 5.41) is 13.6. The van der Waals surface area contributed by atoms with Crippen molar-refractivity contribution in [2.75, 3.05) is 20.0 Å². The summed E-state index contributed by atoms with van der Waals surface area (Å²) in [6.07, 6.45) is 3.22. The van der Waals surface area contributed by atoms with E-state index >= 15 is 0 Å². The van der Waals surface area contributed by atoms with Crippen LogP contribution < -0.4 is 19.6 Å². The Labute approximate surface area is 220 Å². The molecule has 12 heteroatoms. The van der Waals surface area contributed by atoms with Crippen molar-refractivity contribution in [3.8, 4) is 17.2 Å². The van der Waals surface area contributed by atoms with Crippen LogP contribution in [0.15, 0.2) is 63.8 Å². The van der Waals surface area contributed by atoms with Gasteiger partial charge in [0.05, 0.1) is 30.7 Å². The molecule has 1 amide bonds. The van der Waals surface area contributed by atoms with E-state index in [4.69, 9.17) is 25.8 Å². The summed E-state index contributed by atoms with van der Waals surface area (Å²) in [5.74, 6) is 2.25. The second-order valence-corrected chi connectivity index (χ2v) is 9.08. The van der Waals surface area contributed by atoms with Crippen molar-refractivity contribution >= 4 is 51.4 Å². The van der Waals surface area contributed by atoms with E-state index in [1.54, 1.807) is 56.7 Å². The van der Waals surface area contributed by atoms with Crippen molar-refractivity contribution in [2.24, 2.45) is 5.10 Å². The van der Waals surface area contributed by atoms with E-state index in [9.17, 15) is 4.79 Å². The first-order valence-corrected chi connectivity index (χ1v) is 12.4. The van der Waals surface area contributed by atoms with E-state index in [2.05, 4.69) is 43.2 Å². The van der Waals surface area contributed by atoms with Gasteiger partial charge in [0.15, 0.2) is 11.0 Å². The lowest BCUT2D eigenvalue weighted by atomic mass is 10.2. The number of rotatable bonds is 12. The molecule has 1 aromatic heterocycles. The quantitative estimate of drug-likeness (QED) is 0.143. The second-order valence-electron chi connectivity index (χ2n) is 6.85. The molecule has 0 aliphatic rings. The summed E-state index contributed by atoms with van der Waals surface area (Å²) >= 11 is 10.6. The zero-order valence-corrected chi connectivity index (χ0v) is 22.2. The Morgan fingerprint density at radius 1 is 1.23 bits per heavy atom. The first-order chi connectivity index (χ1) is 16.9. The molecule has 3 rings (SSSR count). The molecule has 0 fully saturated rings. The topological polar surface area (TPSA) is 99.9 Å². The van der Waals surface area contributed by atoms with Gasteiger partial charge in [-0.25, -0.2) is 5.43 Å². The van der Waals surface area contributed by atoms with Crippen LogP contribution >= 0.6 is 39.3 Å². The molecule has 0 spiro atoms. The number of carbonyl (C=O) groups is 1.